The molecule has 0 aliphatic heterocycles. The van der Waals surface area contributed by atoms with Crippen LogP contribution < -0.4 is 5.73 Å². The first kappa shape index (κ1) is 16.2. The fraction of sp³-hybridized carbons (Fsp3) is 0.222. The number of rotatable bonds is 3. The summed E-state index contributed by atoms with van der Waals surface area (Å²) in [5.74, 6) is 0.725. The van der Waals surface area contributed by atoms with Crippen molar-refractivity contribution in [2.45, 2.75) is 19.4 Å². The van der Waals surface area contributed by atoms with Gasteiger partial charge in [-0.25, -0.2) is 9.67 Å². The van der Waals surface area contributed by atoms with Gasteiger partial charge < -0.3 is 10.8 Å². The van der Waals surface area contributed by atoms with E-state index < -0.39 is 5.60 Å². The van der Waals surface area contributed by atoms with Crippen LogP contribution in [0.15, 0.2) is 43.0 Å². The average Bonchev–Trinajstić information content (AvgIpc) is 3.19. The highest BCUT2D eigenvalue weighted by atomic mass is 16.3. The van der Waals surface area contributed by atoms with Crippen LogP contribution in [0.3, 0.4) is 0 Å². The van der Waals surface area contributed by atoms with E-state index in [0.717, 1.165) is 27.6 Å². The number of nitrogens with two attached hydrogens (primary N) is 1. The number of aromatic nitrogens is 6. The summed E-state index contributed by atoms with van der Waals surface area (Å²) in [4.78, 5) is 8.53. The van der Waals surface area contributed by atoms with E-state index >= 15 is 0 Å². The van der Waals surface area contributed by atoms with Crippen molar-refractivity contribution in [3.8, 4) is 16.9 Å². The lowest BCUT2D eigenvalue weighted by atomic mass is 9.97. The largest absolute Gasteiger partial charge is 0.386 e. The number of aryl methyl sites for hydroxylation is 1. The van der Waals surface area contributed by atoms with Crippen molar-refractivity contribution in [2.75, 3.05) is 5.73 Å². The van der Waals surface area contributed by atoms with Gasteiger partial charge in [-0.05, 0) is 25.5 Å². The third-order valence-corrected chi connectivity index (χ3v) is 4.28. The summed E-state index contributed by atoms with van der Waals surface area (Å²) in [5, 5.41) is 20.0. The zero-order chi connectivity index (χ0) is 18.5. The fourth-order valence-electron chi connectivity index (χ4n) is 2.88. The summed E-state index contributed by atoms with van der Waals surface area (Å²) in [7, 11) is 1.85. The van der Waals surface area contributed by atoms with Crippen molar-refractivity contribution >= 4 is 16.9 Å². The summed E-state index contributed by atoms with van der Waals surface area (Å²) in [6.07, 6.45) is 7.05. The minimum atomic E-state index is -0.958. The van der Waals surface area contributed by atoms with Crippen LogP contribution in [0.4, 0.5) is 5.95 Å². The molecule has 0 aliphatic rings. The van der Waals surface area contributed by atoms with Crippen LogP contribution in [0.5, 0.6) is 0 Å². The molecule has 8 nitrogen and oxygen atoms in total. The molecular formula is C18H19N7O. The Morgan fingerprint density at radius 2 is 1.92 bits per heavy atom. The predicted molar refractivity (Wildman–Crippen MR) is 98.5 cm³/mol. The first-order valence-electron chi connectivity index (χ1n) is 8.15. The molecule has 0 radical (unpaired) electrons. The van der Waals surface area contributed by atoms with Gasteiger partial charge in [-0.15, -0.1) is 0 Å². The molecule has 132 valence electrons. The summed E-state index contributed by atoms with van der Waals surface area (Å²) >= 11 is 0. The van der Waals surface area contributed by atoms with Crippen molar-refractivity contribution in [2.24, 2.45) is 7.05 Å². The Balaban J connectivity index is 1.97. The monoisotopic (exact) mass is 349 g/mol. The van der Waals surface area contributed by atoms with E-state index in [4.69, 9.17) is 5.73 Å². The van der Waals surface area contributed by atoms with Crippen LogP contribution in [0, 0.1) is 0 Å². The first-order valence-corrected chi connectivity index (χ1v) is 8.15. The Kier molecular flexibility index (Phi) is 3.52. The van der Waals surface area contributed by atoms with E-state index in [1.807, 2.05) is 31.4 Å². The molecule has 0 saturated carbocycles. The molecule has 0 fully saturated rings. The second-order valence-electron chi connectivity index (χ2n) is 6.76. The Labute approximate surface area is 149 Å². The maximum atomic E-state index is 10.3. The fourth-order valence-corrected chi connectivity index (χ4v) is 2.88. The van der Waals surface area contributed by atoms with Gasteiger partial charge in [0.1, 0.15) is 0 Å². The van der Waals surface area contributed by atoms with E-state index in [9.17, 15) is 5.11 Å². The lowest BCUT2D eigenvalue weighted by Crippen LogP contribution is -2.15. The number of aliphatic hydroxyl groups is 1. The molecule has 0 saturated heterocycles. The molecule has 0 bridgehead atoms. The lowest BCUT2D eigenvalue weighted by molar-refractivity contribution is 0.0787. The van der Waals surface area contributed by atoms with Crippen LogP contribution in [0.25, 0.3) is 27.8 Å². The van der Waals surface area contributed by atoms with E-state index in [1.165, 1.54) is 0 Å². The number of benzene rings is 1. The van der Waals surface area contributed by atoms with Crippen LogP contribution >= 0.6 is 0 Å². The van der Waals surface area contributed by atoms with Crippen molar-refractivity contribution in [1.29, 1.82) is 0 Å². The minimum Gasteiger partial charge on any atom is -0.386 e. The quantitative estimate of drug-likeness (QED) is 0.586. The Morgan fingerprint density at radius 1 is 1.12 bits per heavy atom. The number of anilines is 1. The number of hydrogen-bond acceptors (Lipinski definition) is 6. The zero-order valence-corrected chi connectivity index (χ0v) is 14.7. The summed E-state index contributed by atoms with van der Waals surface area (Å²) < 4.78 is 3.42. The normalized spacial score (nSPS) is 12.0. The molecule has 0 unspecified atom stereocenters. The molecule has 0 spiro atoms. The highest BCUT2D eigenvalue weighted by Gasteiger charge is 2.19. The predicted octanol–water partition coefficient (Wildman–Crippen LogP) is 2.03. The molecule has 4 aromatic rings. The molecule has 1 aromatic carbocycles. The van der Waals surface area contributed by atoms with E-state index in [1.54, 1.807) is 41.8 Å². The molecule has 4 rings (SSSR count). The van der Waals surface area contributed by atoms with Gasteiger partial charge >= 0.3 is 0 Å². The van der Waals surface area contributed by atoms with Gasteiger partial charge in [-0.1, -0.05) is 12.1 Å². The highest BCUT2D eigenvalue weighted by Crippen LogP contribution is 2.29. The SMILES string of the molecule is Cn1cc(-c2cnc(N)nc2-n2ncc3ccc(C(C)(C)O)cc32)cn1. The third kappa shape index (κ3) is 2.70. The van der Waals surface area contributed by atoms with Crippen LogP contribution in [-0.2, 0) is 12.6 Å². The molecule has 8 heteroatoms. The Bertz CT molecular complexity index is 1100. The Morgan fingerprint density at radius 3 is 2.62 bits per heavy atom. The van der Waals surface area contributed by atoms with Crippen LogP contribution in [0.2, 0.25) is 0 Å². The zero-order valence-electron chi connectivity index (χ0n) is 14.7. The van der Waals surface area contributed by atoms with Gasteiger partial charge in [0.05, 0.1) is 23.5 Å². The molecular weight excluding hydrogens is 330 g/mol. The van der Waals surface area contributed by atoms with Crippen molar-refractivity contribution in [3.63, 3.8) is 0 Å². The summed E-state index contributed by atoms with van der Waals surface area (Å²) in [6, 6.07) is 5.73. The number of fused-ring (bicyclic) bond motifs is 1. The standard InChI is InChI=1S/C18H19N7O/c1-18(2,26)13-5-4-11-7-22-25(15(11)6-13)16-14(9-20-17(19)23-16)12-8-21-24(3)10-12/h4-10,26H,1-3H3,(H2,19,20,23). The smallest absolute Gasteiger partial charge is 0.222 e. The summed E-state index contributed by atoms with van der Waals surface area (Å²) in [6.45, 7) is 3.50. The average molecular weight is 349 g/mol. The maximum absolute atomic E-state index is 10.3. The third-order valence-electron chi connectivity index (χ3n) is 4.28. The highest BCUT2D eigenvalue weighted by molar-refractivity contribution is 5.83. The second kappa shape index (κ2) is 5.63. The molecule has 26 heavy (non-hydrogen) atoms. The van der Waals surface area contributed by atoms with Crippen LogP contribution in [0.1, 0.15) is 19.4 Å². The lowest BCUT2D eigenvalue weighted by Gasteiger charge is -2.18. The molecule has 3 aromatic heterocycles. The molecule has 0 aliphatic carbocycles. The number of nitrogen functional groups attached to an aromatic ring is 1. The van der Waals surface area contributed by atoms with E-state index in [2.05, 4.69) is 20.2 Å². The molecule has 3 heterocycles. The van der Waals surface area contributed by atoms with Gasteiger partial charge in [0.15, 0.2) is 5.82 Å². The van der Waals surface area contributed by atoms with Gasteiger partial charge in [-0.3, -0.25) is 4.68 Å². The van der Waals surface area contributed by atoms with E-state index in [0.29, 0.717) is 5.82 Å². The minimum absolute atomic E-state index is 0.162. The second-order valence-corrected chi connectivity index (χ2v) is 6.76. The summed E-state index contributed by atoms with van der Waals surface area (Å²) in [5.41, 5.74) is 8.13. The van der Waals surface area contributed by atoms with Crippen molar-refractivity contribution in [3.05, 3.63) is 48.5 Å². The number of hydrogen-bond donors (Lipinski definition) is 2. The van der Waals surface area contributed by atoms with Crippen molar-refractivity contribution in [1.82, 2.24) is 29.5 Å². The number of nitrogens with zero attached hydrogens (tertiary/aromatic N) is 6. The molecule has 0 atom stereocenters. The first-order chi connectivity index (χ1) is 12.3. The van der Waals surface area contributed by atoms with Crippen molar-refractivity contribution < 1.29 is 5.11 Å². The van der Waals surface area contributed by atoms with Gasteiger partial charge in [0.2, 0.25) is 5.95 Å². The van der Waals surface area contributed by atoms with Gasteiger partial charge in [0, 0.05) is 36.0 Å². The van der Waals surface area contributed by atoms with E-state index in [-0.39, 0.29) is 5.95 Å². The topological polar surface area (TPSA) is 108 Å². The van der Waals surface area contributed by atoms with Gasteiger partial charge in [-0.2, -0.15) is 15.2 Å². The Hall–Kier alpha value is -3.26. The maximum Gasteiger partial charge on any atom is 0.222 e. The van der Waals surface area contributed by atoms with Gasteiger partial charge in [0.25, 0.3) is 0 Å². The molecule has 3 N–H and O–H groups in total. The molecule has 0 amide bonds. The van der Waals surface area contributed by atoms with Crippen LogP contribution in [-0.4, -0.2) is 34.6 Å².